The fourth-order valence-corrected chi connectivity index (χ4v) is 3.45. The summed E-state index contributed by atoms with van der Waals surface area (Å²) in [5.41, 5.74) is 1.70. The highest BCUT2D eigenvalue weighted by atomic mass is 16.5. The van der Waals surface area contributed by atoms with Gasteiger partial charge < -0.3 is 18.9 Å². The van der Waals surface area contributed by atoms with Gasteiger partial charge >= 0.3 is 0 Å². The van der Waals surface area contributed by atoms with E-state index in [-0.39, 0.29) is 12.0 Å². The molecular formula is C22H23N3O4. The molecule has 1 aliphatic heterocycles. The molecule has 7 nitrogen and oxygen atoms in total. The van der Waals surface area contributed by atoms with Crippen molar-refractivity contribution < 1.29 is 18.8 Å². The van der Waals surface area contributed by atoms with Crippen molar-refractivity contribution in [3.05, 3.63) is 59.9 Å². The van der Waals surface area contributed by atoms with Crippen molar-refractivity contribution in [1.82, 2.24) is 15.0 Å². The zero-order valence-corrected chi connectivity index (χ0v) is 16.5. The van der Waals surface area contributed by atoms with Gasteiger partial charge in [-0.1, -0.05) is 29.4 Å². The van der Waals surface area contributed by atoms with Crippen LogP contribution in [0.25, 0.3) is 11.5 Å². The molecule has 1 aliphatic rings. The number of carbonyl (C=O) groups is 1. The quantitative estimate of drug-likeness (QED) is 0.640. The molecule has 0 N–H and O–H groups in total. The number of para-hydroxylation sites is 1. The average Bonchev–Trinajstić information content (AvgIpc) is 3.38. The Labute approximate surface area is 169 Å². The van der Waals surface area contributed by atoms with Crippen LogP contribution >= 0.6 is 0 Å². The molecule has 0 aliphatic carbocycles. The zero-order valence-electron chi connectivity index (χ0n) is 16.5. The van der Waals surface area contributed by atoms with Crippen LogP contribution in [-0.4, -0.2) is 47.3 Å². The number of methoxy groups -OCH3 is 1. The molecule has 3 aromatic rings. The molecule has 0 saturated carbocycles. The number of carbonyl (C=O) groups excluding carboxylic acids is 1. The maximum atomic E-state index is 12.7. The summed E-state index contributed by atoms with van der Waals surface area (Å²) in [6.45, 7) is 3.01. The molecule has 29 heavy (non-hydrogen) atoms. The minimum absolute atomic E-state index is 0.0746. The van der Waals surface area contributed by atoms with E-state index in [1.807, 2.05) is 53.4 Å². The maximum absolute atomic E-state index is 12.7. The topological polar surface area (TPSA) is 77.7 Å². The average molecular weight is 393 g/mol. The standard InChI is InChI=1S/C22H23N3O4/c1-15-23-22(29-24-15)19-8-3-4-9-20(19)28-18-10-11-25(14-18)21(26)13-16-6-5-7-17(12-16)27-2/h3-9,12,18H,10-11,13-14H2,1-2H3. The van der Waals surface area contributed by atoms with E-state index in [9.17, 15) is 4.79 Å². The van der Waals surface area contributed by atoms with Crippen molar-refractivity contribution in [3.63, 3.8) is 0 Å². The lowest BCUT2D eigenvalue weighted by Crippen LogP contribution is -2.32. The normalized spacial score (nSPS) is 16.1. The molecule has 7 heteroatoms. The molecule has 0 bridgehead atoms. The number of hydrogen-bond acceptors (Lipinski definition) is 6. The smallest absolute Gasteiger partial charge is 0.261 e. The van der Waals surface area contributed by atoms with Crippen LogP contribution in [0.3, 0.4) is 0 Å². The maximum Gasteiger partial charge on any atom is 0.261 e. The van der Waals surface area contributed by atoms with Crippen LogP contribution in [0, 0.1) is 6.92 Å². The Kier molecular flexibility index (Phi) is 5.46. The molecule has 4 rings (SSSR count). The summed E-state index contributed by atoms with van der Waals surface area (Å²) in [7, 11) is 1.62. The number of amides is 1. The van der Waals surface area contributed by atoms with Crippen LogP contribution in [0.2, 0.25) is 0 Å². The third-order valence-corrected chi connectivity index (χ3v) is 4.93. The van der Waals surface area contributed by atoms with Crippen LogP contribution in [0.1, 0.15) is 17.8 Å². The van der Waals surface area contributed by atoms with Gasteiger partial charge in [0.2, 0.25) is 5.91 Å². The highest BCUT2D eigenvalue weighted by Gasteiger charge is 2.28. The van der Waals surface area contributed by atoms with E-state index in [1.165, 1.54) is 0 Å². The van der Waals surface area contributed by atoms with Gasteiger partial charge in [0.25, 0.3) is 5.89 Å². The fraction of sp³-hybridized carbons (Fsp3) is 0.318. The molecule has 0 radical (unpaired) electrons. The third kappa shape index (κ3) is 4.39. The van der Waals surface area contributed by atoms with Gasteiger partial charge in [-0.15, -0.1) is 0 Å². The first-order valence-corrected chi connectivity index (χ1v) is 9.59. The number of ether oxygens (including phenoxy) is 2. The molecule has 0 spiro atoms. The van der Waals surface area contributed by atoms with Gasteiger partial charge in [0.05, 0.1) is 25.6 Å². The van der Waals surface area contributed by atoms with E-state index < -0.39 is 0 Å². The summed E-state index contributed by atoms with van der Waals surface area (Å²) < 4.78 is 16.7. The van der Waals surface area contributed by atoms with Gasteiger partial charge in [-0.05, 0) is 36.8 Å². The van der Waals surface area contributed by atoms with E-state index in [0.29, 0.717) is 37.0 Å². The Balaban J connectivity index is 1.40. The van der Waals surface area contributed by atoms with Gasteiger partial charge in [-0.3, -0.25) is 4.79 Å². The van der Waals surface area contributed by atoms with E-state index in [2.05, 4.69) is 10.1 Å². The second-order valence-electron chi connectivity index (χ2n) is 7.04. The predicted molar refractivity (Wildman–Crippen MR) is 107 cm³/mol. The van der Waals surface area contributed by atoms with Crippen molar-refractivity contribution in [2.24, 2.45) is 0 Å². The molecule has 150 valence electrons. The molecule has 1 atom stereocenters. The Morgan fingerprint density at radius 1 is 1.24 bits per heavy atom. The van der Waals surface area contributed by atoms with Crippen molar-refractivity contribution in [2.45, 2.75) is 25.9 Å². The molecule has 1 saturated heterocycles. The summed E-state index contributed by atoms with van der Waals surface area (Å²) in [6, 6.07) is 15.2. The Bertz CT molecular complexity index is 1000. The van der Waals surface area contributed by atoms with Crippen LogP contribution in [-0.2, 0) is 11.2 Å². The van der Waals surface area contributed by atoms with E-state index in [0.717, 1.165) is 23.3 Å². The minimum atomic E-state index is -0.0746. The van der Waals surface area contributed by atoms with E-state index >= 15 is 0 Å². The Hall–Kier alpha value is -3.35. The largest absolute Gasteiger partial charge is 0.497 e. The number of benzene rings is 2. The van der Waals surface area contributed by atoms with Gasteiger partial charge in [-0.25, -0.2) is 0 Å². The molecule has 2 heterocycles. The van der Waals surface area contributed by atoms with Gasteiger partial charge in [0.1, 0.15) is 17.6 Å². The fourth-order valence-electron chi connectivity index (χ4n) is 3.45. The highest BCUT2D eigenvalue weighted by molar-refractivity contribution is 5.79. The van der Waals surface area contributed by atoms with E-state index in [4.69, 9.17) is 14.0 Å². The predicted octanol–water partition coefficient (Wildman–Crippen LogP) is 3.28. The monoisotopic (exact) mass is 393 g/mol. The first-order chi connectivity index (χ1) is 14.1. The molecule has 1 unspecified atom stereocenters. The van der Waals surface area contributed by atoms with Crippen LogP contribution in [0.15, 0.2) is 53.1 Å². The molecule has 2 aromatic carbocycles. The lowest BCUT2D eigenvalue weighted by Gasteiger charge is -2.18. The van der Waals surface area contributed by atoms with E-state index in [1.54, 1.807) is 14.0 Å². The Morgan fingerprint density at radius 2 is 2.10 bits per heavy atom. The number of aromatic nitrogens is 2. The van der Waals surface area contributed by atoms with Crippen molar-refractivity contribution in [2.75, 3.05) is 20.2 Å². The number of hydrogen-bond donors (Lipinski definition) is 0. The lowest BCUT2D eigenvalue weighted by atomic mass is 10.1. The second-order valence-corrected chi connectivity index (χ2v) is 7.04. The molecule has 1 amide bonds. The zero-order chi connectivity index (χ0) is 20.2. The van der Waals surface area contributed by atoms with Crippen LogP contribution in [0.4, 0.5) is 0 Å². The van der Waals surface area contributed by atoms with Gasteiger partial charge in [0, 0.05) is 13.0 Å². The number of nitrogens with zero attached hydrogens (tertiary/aromatic N) is 3. The first-order valence-electron chi connectivity index (χ1n) is 9.59. The van der Waals surface area contributed by atoms with Gasteiger partial charge in [0.15, 0.2) is 5.82 Å². The van der Waals surface area contributed by atoms with Crippen molar-refractivity contribution >= 4 is 5.91 Å². The van der Waals surface area contributed by atoms with Gasteiger partial charge in [-0.2, -0.15) is 4.98 Å². The molecule has 1 aromatic heterocycles. The number of likely N-dealkylation sites (tertiary alicyclic amines) is 1. The van der Waals surface area contributed by atoms with Crippen LogP contribution in [0.5, 0.6) is 11.5 Å². The summed E-state index contributed by atoms with van der Waals surface area (Å²) in [5, 5.41) is 3.85. The molecular weight excluding hydrogens is 370 g/mol. The Morgan fingerprint density at radius 3 is 2.90 bits per heavy atom. The number of rotatable bonds is 6. The SMILES string of the molecule is COc1cccc(CC(=O)N2CCC(Oc3ccccc3-c3nc(C)no3)C2)c1. The summed E-state index contributed by atoms with van der Waals surface area (Å²) in [5.74, 6) is 2.53. The summed E-state index contributed by atoms with van der Waals surface area (Å²) >= 11 is 0. The first kappa shape index (κ1) is 19.0. The highest BCUT2D eigenvalue weighted by Crippen LogP contribution is 2.30. The second kappa shape index (κ2) is 8.34. The summed E-state index contributed by atoms with van der Waals surface area (Å²) in [4.78, 5) is 18.8. The van der Waals surface area contributed by atoms with Crippen molar-refractivity contribution in [3.8, 4) is 23.0 Å². The molecule has 1 fully saturated rings. The van der Waals surface area contributed by atoms with Crippen molar-refractivity contribution in [1.29, 1.82) is 0 Å². The number of aryl methyl sites for hydroxylation is 1. The summed E-state index contributed by atoms with van der Waals surface area (Å²) in [6.07, 6.45) is 1.05. The van der Waals surface area contributed by atoms with Crippen LogP contribution < -0.4 is 9.47 Å². The lowest BCUT2D eigenvalue weighted by molar-refractivity contribution is -0.129. The minimum Gasteiger partial charge on any atom is -0.497 e. The third-order valence-electron chi connectivity index (χ3n) is 4.93.